The highest BCUT2D eigenvalue weighted by Crippen LogP contribution is 2.23. The fourth-order valence-electron chi connectivity index (χ4n) is 3.93. The van der Waals surface area contributed by atoms with Gasteiger partial charge in [-0.25, -0.2) is 4.98 Å². The lowest BCUT2D eigenvalue weighted by Gasteiger charge is -2.26. The van der Waals surface area contributed by atoms with Gasteiger partial charge in [0.25, 0.3) is 0 Å². The summed E-state index contributed by atoms with van der Waals surface area (Å²) in [4.78, 5) is 22.6. The maximum atomic E-state index is 11.9. The van der Waals surface area contributed by atoms with Gasteiger partial charge in [0.15, 0.2) is 0 Å². The zero-order valence-corrected chi connectivity index (χ0v) is 17.9. The van der Waals surface area contributed by atoms with Crippen molar-refractivity contribution < 1.29 is 4.79 Å². The summed E-state index contributed by atoms with van der Waals surface area (Å²) in [5, 5.41) is 14.8. The molecule has 2 aromatic heterocycles. The number of aromatic nitrogens is 4. The van der Waals surface area contributed by atoms with Crippen LogP contribution in [0.2, 0.25) is 5.02 Å². The van der Waals surface area contributed by atoms with Crippen LogP contribution in [0.3, 0.4) is 0 Å². The molecule has 0 aromatic carbocycles. The molecular weight excluding hydrogens is 404 g/mol. The van der Waals surface area contributed by atoms with Gasteiger partial charge in [-0.1, -0.05) is 11.6 Å². The average molecular weight is 433 g/mol. The van der Waals surface area contributed by atoms with E-state index in [1.807, 2.05) is 15.8 Å². The van der Waals surface area contributed by atoms with E-state index in [0.717, 1.165) is 64.0 Å². The molecule has 4 rings (SSSR count). The van der Waals surface area contributed by atoms with Crippen molar-refractivity contribution in [2.45, 2.75) is 44.6 Å². The predicted octanol–water partition coefficient (Wildman–Crippen LogP) is 2.81. The minimum atomic E-state index is 0.262. The second-order valence-corrected chi connectivity index (χ2v) is 8.23. The van der Waals surface area contributed by atoms with Crippen molar-refractivity contribution in [3.63, 3.8) is 0 Å². The fourth-order valence-corrected chi connectivity index (χ4v) is 4.09. The molecule has 4 heterocycles. The van der Waals surface area contributed by atoms with Crippen LogP contribution in [0.15, 0.2) is 18.6 Å². The highest BCUT2D eigenvalue weighted by molar-refractivity contribution is 6.32. The Kier molecular flexibility index (Phi) is 7.01. The smallest absolute Gasteiger partial charge is 0.229 e. The lowest BCUT2D eigenvalue weighted by molar-refractivity contribution is -0.133. The molecule has 0 spiro atoms. The minimum absolute atomic E-state index is 0.262. The lowest BCUT2D eigenvalue weighted by atomic mass is 10.1. The van der Waals surface area contributed by atoms with Crippen molar-refractivity contribution >= 4 is 35.0 Å². The van der Waals surface area contributed by atoms with Crippen LogP contribution in [0, 0.1) is 0 Å². The first-order chi connectivity index (χ1) is 14.7. The molecule has 0 atom stereocenters. The molecule has 2 saturated heterocycles. The maximum Gasteiger partial charge on any atom is 0.229 e. The summed E-state index contributed by atoms with van der Waals surface area (Å²) in [5.41, 5.74) is 0.852. The van der Waals surface area contributed by atoms with E-state index in [-0.39, 0.29) is 5.91 Å². The summed E-state index contributed by atoms with van der Waals surface area (Å²) in [6, 6.07) is 0.428. The summed E-state index contributed by atoms with van der Waals surface area (Å²) in [6.07, 6.45) is 11.2. The van der Waals surface area contributed by atoms with Gasteiger partial charge < -0.3 is 20.9 Å². The molecule has 10 heteroatoms. The lowest BCUT2D eigenvalue weighted by Crippen LogP contribution is -2.36. The van der Waals surface area contributed by atoms with Gasteiger partial charge in [0, 0.05) is 32.3 Å². The molecule has 0 saturated carbocycles. The second-order valence-electron chi connectivity index (χ2n) is 7.82. The van der Waals surface area contributed by atoms with E-state index in [1.165, 1.54) is 0 Å². The Balaban J connectivity index is 1.29. The number of anilines is 3. The van der Waals surface area contributed by atoms with Gasteiger partial charge in [-0.2, -0.15) is 10.1 Å². The predicted molar refractivity (Wildman–Crippen MR) is 117 cm³/mol. The second kappa shape index (κ2) is 10.1. The summed E-state index contributed by atoms with van der Waals surface area (Å²) >= 11 is 6.25. The number of hydrogen-bond donors (Lipinski definition) is 3. The van der Waals surface area contributed by atoms with Crippen LogP contribution in [-0.2, 0) is 4.79 Å². The van der Waals surface area contributed by atoms with Crippen LogP contribution in [0.25, 0.3) is 0 Å². The van der Waals surface area contributed by atoms with E-state index in [2.05, 4.69) is 31.0 Å². The number of amides is 1. The Labute approximate surface area is 181 Å². The Morgan fingerprint density at radius 1 is 1.23 bits per heavy atom. The van der Waals surface area contributed by atoms with Crippen LogP contribution >= 0.6 is 11.6 Å². The molecule has 2 fully saturated rings. The average Bonchev–Trinajstić information content (AvgIpc) is 3.23. The van der Waals surface area contributed by atoms with Gasteiger partial charge in [-0.15, -0.1) is 0 Å². The van der Waals surface area contributed by atoms with Gasteiger partial charge in [0.2, 0.25) is 11.9 Å². The minimum Gasteiger partial charge on any atom is -0.369 e. The van der Waals surface area contributed by atoms with Crippen molar-refractivity contribution in [3.8, 4) is 0 Å². The summed E-state index contributed by atoms with van der Waals surface area (Å²) < 4.78 is 2.01. The zero-order valence-electron chi connectivity index (χ0n) is 17.1. The number of carbonyl (C=O) groups excluding carboxylic acids is 1. The van der Waals surface area contributed by atoms with E-state index in [0.29, 0.717) is 35.8 Å². The van der Waals surface area contributed by atoms with Gasteiger partial charge in [-0.05, 0) is 45.2 Å². The number of nitrogens with zero attached hydrogens (tertiary/aromatic N) is 5. The van der Waals surface area contributed by atoms with Gasteiger partial charge >= 0.3 is 0 Å². The molecule has 2 aromatic rings. The number of carbonyl (C=O) groups is 1. The van der Waals surface area contributed by atoms with Crippen molar-refractivity contribution in [1.29, 1.82) is 0 Å². The topological polar surface area (TPSA) is 100 Å². The number of nitrogens with one attached hydrogen (secondary N) is 3. The Bertz CT molecular complexity index is 851. The molecule has 9 nitrogen and oxygen atoms in total. The van der Waals surface area contributed by atoms with E-state index in [9.17, 15) is 4.79 Å². The van der Waals surface area contributed by atoms with Gasteiger partial charge in [-0.3, -0.25) is 9.48 Å². The molecule has 0 bridgehead atoms. The highest BCUT2D eigenvalue weighted by atomic mass is 35.5. The Morgan fingerprint density at radius 2 is 2.10 bits per heavy atom. The number of likely N-dealkylation sites (tertiary alicyclic amines) is 1. The van der Waals surface area contributed by atoms with Crippen LogP contribution in [0.1, 0.15) is 44.6 Å². The Morgan fingerprint density at radius 3 is 2.93 bits per heavy atom. The van der Waals surface area contributed by atoms with Crippen molar-refractivity contribution in [2.75, 3.05) is 43.4 Å². The van der Waals surface area contributed by atoms with Gasteiger partial charge in [0.1, 0.15) is 10.8 Å². The molecule has 0 aliphatic carbocycles. The molecule has 3 N–H and O–H groups in total. The molecule has 30 heavy (non-hydrogen) atoms. The maximum absolute atomic E-state index is 11.9. The first-order valence-corrected chi connectivity index (χ1v) is 11.1. The van der Waals surface area contributed by atoms with E-state index >= 15 is 0 Å². The monoisotopic (exact) mass is 432 g/mol. The summed E-state index contributed by atoms with van der Waals surface area (Å²) in [7, 11) is 0. The quantitative estimate of drug-likeness (QED) is 0.551. The standard InChI is InChI=1S/C20H29ClN8O/c21-17-13-24-20(26-15-12-25-29(14-15)16-5-8-22-9-6-16)27-19(17)23-7-3-11-28-10-2-1-4-18(28)30/h12-14,16,22H,1-11H2,(H2,23,24,26,27). The number of piperidine rings is 2. The highest BCUT2D eigenvalue weighted by Gasteiger charge is 2.18. The third kappa shape index (κ3) is 5.40. The molecule has 2 aliphatic rings. The van der Waals surface area contributed by atoms with Crippen LogP contribution in [-0.4, -0.2) is 63.3 Å². The van der Waals surface area contributed by atoms with Crippen LogP contribution in [0.5, 0.6) is 0 Å². The fraction of sp³-hybridized carbons (Fsp3) is 0.600. The molecule has 0 unspecified atom stereocenters. The largest absolute Gasteiger partial charge is 0.369 e. The zero-order chi connectivity index (χ0) is 20.8. The molecule has 1 amide bonds. The van der Waals surface area contributed by atoms with E-state index in [1.54, 1.807) is 12.4 Å². The number of hydrogen-bond acceptors (Lipinski definition) is 7. The molecular formula is C20H29ClN8O. The van der Waals surface area contributed by atoms with Crippen molar-refractivity contribution in [2.24, 2.45) is 0 Å². The van der Waals surface area contributed by atoms with Crippen molar-refractivity contribution in [3.05, 3.63) is 23.6 Å². The first kappa shape index (κ1) is 20.9. The van der Waals surface area contributed by atoms with Crippen LogP contribution < -0.4 is 16.0 Å². The van der Waals surface area contributed by atoms with Gasteiger partial charge in [0.05, 0.1) is 24.1 Å². The molecule has 2 aliphatic heterocycles. The third-order valence-electron chi connectivity index (χ3n) is 5.60. The van der Waals surface area contributed by atoms with E-state index in [4.69, 9.17) is 11.6 Å². The van der Waals surface area contributed by atoms with Crippen LogP contribution in [0.4, 0.5) is 17.5 Å². The third-order valence-corrected chi connectivity index (χ3v) is 5.88. The Hall–Kier alpha value is -2.39. The molecule has 162 valence electrons. The SMILES string of the molecule is O=C1CCCCN1CCCNc1nc(Nc2cnn(C3CCNCC3)c2)ncc1Cl. The number of halogens is 1. The molecule has 0 radical (unpaired) electrons. The summed E-state index contributed by atoms with van der Waals surface area (Å²) in [5.74, 6) is 1.32. The number of rotatable bonds is 8. The van der Waals surface area contributed by atoms with E-state index < -0.39 is 0 Å². The first-order valence-electron chi connectivity index (χ1n) is 10.7. The summed E-state index contributed by atoms with van der Waals surface area (Å²) in [6.45, 7) is 4.36. The normalized spacial score (nSPS) is 17.9. The van der Waals surface area contributed by atoms with Crippen molar-refractivity contribution in [1.82, 2.24) is 30.0 Å².